The van der Waals surface area contributed by atoms with E-state index >= 15 is 0 Å². The molecular weight excluding hydrogens is 179 g/mol. The van der Waals surface area contributed by atoms with E-state index in [2.05, 4.69) is 6.58 Å². The van der Waals surface area contributed by atoms with Crippen molar-refractivity contribution in [3.63, 3.8) is 0 Å². The molecular formula is C9H8F3N. The average Bonchev–Trinajstić information content (AvgIpc) is 2.03. The van der Waals surface area contributed by atoms with Gasteiger partial charge in [0.25, 0.3) is 0 Å². The second-order valence-electron chi connectivity index (χ2n) is 2.55. The molecule has 0 aliphatic rings. The SMILES string of the molecule is C=Cc1ccc(N)c(C(F)(F)F)c1. The van der Waals surface area contributed by atoms with Crippen molar-refractivity contribution in [1.82, 2.24) is 0 Å². The van der Waals surface area contributed by atoms with Crippen LogP contribution in [0.4, 0.5) is 18.9 Å². The van der Waals surface area contributed by atoms with Crippen molar-refractivity contribution in [2.24, 2.45) is 0 Å². The first kappa shape index (κ1) is 9.64. The second kappa shape index (κ2) is 3.12. The van der Waals surface area contributed by atoms with Crippen LogP contribution in [-0.4, -0.2) is 0 Å². The molecule has 4 heteroatoms. The topological polar surface area (TPSA) is 26.0 Å². The second-order valence-corrected chi connectivity index (χ2v) is 2.55. The number of nitrogens with two attached hydrogens (primary N) is 1. The Balaban J connectivity index is 3.27. The number of anilines is 1. The van der Waals surface area contributed by atoms with Crippen molar-refractivity contribution >= 4 is 11.8 Å². The van der Waals surface area contributed by atoms with E-state index in [0.29, 0.717) is 5.56 Å². The fourth-order valence-corrected chi connectivity index (χ4v) is 0.946. The normalized spacial score (nSPS) is 11.3. The highest BCUT2D eigenvalue weighted by atomic mass is 19.4. The van der Waals surface area contributed by atoms with Gasteiger partial charge in [0.1, 0.15) is 0 Å². The first-order valence-corrected chi connectivity index (χ1v) is 3.54. The minimum absolute atomic E-state index is 0.266. The zero-order valence-electron chi connectivity index (χ0n) is 6.73. The summed E-state index contributed by atoms with van der Waals surface area (Å²) in [5, 5.41) is 0. The van der Waals surface area contributed by atoms with Crippen molar-refractivity contribution < 1.29 is 13.2 Å². The maximum Gasteiger partial charge on any atom is 0.418 e. The summed E-state index contributed by atoms with van der Waals surface area (Å²) in [5.41, 5.74) is 4.50. The van der Waals surface area contributed by atoms with Crippen LogP contribution in [0, 0.1) is 0 Å². The van der Waals surface area contributed by atoms with Gasteiger partial charge in [0.15, 0.2) is 0 Å². The molecule has 0 saturated heterocycles. The van der Waals surface area contributed by atoms with E-state index < -0.39 is 11.7 Å². The Bertz CT molecular complexity index is 328. The molecule has 0 unspecified atom stereocenters. The molecule has 0 bridgehead atoms. The van der Waals surface area contributed by atoms with Gasteiger partial charge in [0.2, 0.25) is 0 Å². The molecule has 0 saturated carbocycles. The van der Waals surface area contributed by atoms with Crippen LogP contribution in [0.2, 0.25) is 0 Å². The molecule has 0 atom stereocenters. The van der Waals surface area contributed by atoms with E-state index in [1.807, 2.05) is 0 Å². The molecule has 13 heavy (non-hydrogen) atoms. The van der Waals surface area contributed by atoms with E-state index in [0.717, 1.165) is 6.07 Å². The third kappa shape index (κ3) is 2.02. The average molecular weight is 187 g/mol. The lowest BCUT2D eigenvalue weighted by atomic mass is 10.1. The van der Waals surface area contributed by atoms with Crippen molar-refractivity contribution in [3.8, 4) is 0 Å². The molecule has 0 aliphatic heterocycles. The summed E-state index contributed by atoms with van der Waals surface area (Å²) in [7, 11) is 0. The molecule has 0 fully saturated rings. The van der Waals surface area contributed by atoms with Gasteiger partial charge in [-0.25, -0.2) is 0 Å². The van der Waals surface area contributed by atoms with E-state index in [-0.39, 0.29) is 5.69 Å². The lowest BCUT2D eigenvalue weighted by Gasteiger charge is -2.10. The zero-order chi connectivity index (χ0) is 10.1. The molecule has 1 nitrogen and oxygen atoms in total. The van der Waals surface area contributed by atoms with Gasteiger partial charge < -0.3 is 5.73 Å². The van der Waals surface area contributed by atoms with Crippen LogP contribution in [0.25, 0.3) is 6.08 Å². The Kier molecular flexibility index (Phi) is 2.32. The Labute approximate surface area is 73.7 Å². The third-order valence-corrected chi connectivity index (χ3v) is 1.62. The Morgan fingerprint density at radius 2 is 1.92 bits per heavy atom. The zero-order valence-corrected chi connectivity index (χ0v) is 6.73. The predicted molar refractivity (Wildman–Crippen MR) is 45.9 cm³/mol. The maximum absolute atomic E-state index is 12.3. The molecule has 1 rings (SSSR count). The summed E-state index contributed by atoms with van der Waals surface area (Å²) >= 11 is 0. The van der Waals surface area contributed by atoms with Crippen LogP contribution in [0.5, 0.6) is 0 Å². The predicted octanol–water partition coefficient (Wildman–Crippen LogP) is 2.93. The van der Waals surface area contributed by atoms with Crippen molar-refractivity contribution in [2.45, 2.75) is 6.18 Å². The Hall–Kier alpha value is -1.45. The molecule has 0 radical (unpaired) electrons. The molecule has 0 aromatic heterocycles. The summed E-state index contributed by atoms with van der Waals surface area (Å²) in [6.07, 6.45) is -3.06. The highest BCUT2D eigenvalue weighted by molar-refractivity contribution is 5.57. The van der Waals surface area contributed by atoms with Gasteiger partial charge in [0, 0.05) is 5.69 Å². The largest absolute Gasteiger partial charge is 0.418 e. The van der Waals surface area contributed by atoms with Gasteiger partial charge in [-0.3, -0.25) is 0 Å². The molecule has 0 amide bonds. The van der Waals surface area contributed by atoms with Crippen molar-refractivity contribution in [2.75, 3.05) is 5.73 Å². The highest BCUT2D eigenvalue weighted by Crippen LogP contribution is 2.34. The van der Waals surface area contributed by atoms with Crippen LogP contribution in [0.1, 0.15) is 11.1 Å². The van der Waals surface area contributed by atoms with Crippen molar-refractivity contribution in [1.29, 1.82) is 0 Å². The first-order chi connectivity index (χ1) is 5.95. The minimum atomic E-state index is -4.40. The monoisotopic (exact) mass is 187 g/mol. The van der Waals surface area contributed by atoms with E-state index in [1.165, 1.54) is 18.2 Å². The molecule has 2 N–H and O–H groups in total. The molecule has 70 valence electrons. The number of halogens is 3. The van der Waals surface area contributed by atoms with Crippen LogP contribution in [0.15, 0.2) is 24.8 Å². The summed E-state index contributed by atoms with van der Waals surface area (Å²) in [6, 6.07) is 3.68. The van der Waals surface area contributed by atoms with Gasteiger partial charge in [-0.1, -0.05) is 18.7 Å². The Morgan fingerprint density at radius 3 is 2.38 bits per heavy atom. The molecule has 0 heterocycles. The van der Waals surface area contributed by atoms with E-state index in [4.69, 9.17) is 5.73 Å². The van der Waals surface area contributed by atoms with Crippen LogP contribution >= 0.6 is 0 Å². The van der Waals surface area contributed by atoms with Crippen LogP contribution in [0.3, 0.4) is 0 Å². The minimum Gasteiger partial charge on any atom is -0.398 e. The van der Waals surface area contributed by atoms with Gasteiger partial charge in [-0.2, -0.15) is 13.2 Å². The van der Waals surface area contributed by atoms with Crippen LogP contribution in [-0.2, 0) is 6.18 Å². The summed E-state index contributed by atoms with van der Waals surface area (Å²) < 4.78 is 36.8. The van der Waals surface area contributed by atoms with Crippen LogP contribution < -0.4 is 5.73 Å². The fraction of sp³-hybridized carbons (Fsp3) is 0.111. The quantitative estimate of drug-likeness (QED) is 0.672. The number of hydrogen-bond acceptors (Lipinski definition) is 1. The molecule has 0 spiro atoms. The van der Waals surface area contributed by atoms with Gasteiger partial charge in [-0.05, 0) is 17.7 Å². The van der Waals surface area contributed by atoms with Gasteiger partial charge >= 0.3 is 6.18 Å². The van der Waals surface area contributed by atoms with Gasteiger partial charge in [0.05, 0.1) is 5.56 Å². The molecule has 1 aromatic carbocycles. The van der Waals surface area contributed by atoms with Gasteiger partial charge in [-0.15, -0.1) is 0 Å². The lowest BCUT2D eigenvalue weighted by Crippen LogP contribution is -2.08. The van der Waals surface area contributed by atoms with E-state index in [9.17, 15) is 13.2 Å². The Morgan fingerprint density at radius 1 is 1.31 bits per heavy atom. The number of nitrogen functional groups attached to an aromatic ring is 1. The molecule has 0 aliphatic carbocycles. The fourth-order valence-electron chi connectivity index (χ4n) is 0.946. The first-order valence-electron chi connectivity index (χ1n) is 3.54. The smallest absolute Gasteiger partial charge is 0.398 e. The number of hydrogen-bond donors (Lipinski definition) is 1. The lowest BCUT2D eigenvalue weighted by molar-refractivity contribution is -0.136. The summed E-state index contributed by atoms with van der Waals surface area (Å²) in [5.74, 6) is 0. The highest BCUT2D eigenvalue weighted by Gasteiger charge is 2.32. The number of rotatable bonds is 1. The number of benzene rings is 1. The molecule has 1 aromatic rings. The van der Waals surface area contributed by atoms with E-state index in [1.54, 1.807) is 0 Å². The summed E-state index contributed by atoms with van der Waals surface area (Å²) in [4.78, 5) is 0. The number of alkyl halides is 3. The standard InChI is InChI=1S/C9H8F3N/c1-2-6-3-4-8(13)7(5-6)9(10,11)12/h2-5H,1,13H2. The third-order valence-electron chi connectivity index (χ3n) is 1.62. The van der Waals surface area contributed by atoms with Crippen molar-refractivity contribution in [3.05, 3.63) is 35.9 Å². The summed E-state index contributed by atoms with van der Waals surface area (Å²) in [6.45, 7) is 3.38. The maximum atomic E-state index is 12.3.